The summed E-state index contributed by atoms with van der Waals surface area (Å²) in [6.07, 6.45) is 1.60. The fraction of sp³-hybridized carbons (Fsp3) is 0.273. The normalized spacial score (nSPS) is 14.1. The highest BCUT2D eigenvalue weighted by molar-refractivity contribution is 7.93. The van der Waals surface area contributed by atoms with Gasteiger partial charge >= 0.3 is 0 Å². The van der Waals surface area contributed by atoms with Gasteiger partial charge in [-0.25, -0.2) is 8.42 Å². The van der Waals surface area contributed by atoms with Gasteiger partial charge in [-0.05, 0) is 41.5 Å². The number of hydrogen-bond donors (Lipinski definition) is 1. The molecule has 1 aliphatic rings. The first-order chi connectivity index (χ1) is 19.9. The molecule has 0 aliphatic carbocycles. The molecular weight excluding hydrogens is 534 g/mol. The standard InChI is InChI=1S/C33H35N3O4S/c1-2-21-34-33(38)29(23-25-12-5-3-6-13-25)35(24-26-14-7-4-8-15-26)31(37)20-11-22-36-28-18-9-16-27-17-10-19-30(32(27)28)41(36,39)40/h3-10,12-19,29H,2,11,20-24H2,1H3,(H,34,38)/t29-/m1/s1. The Hall–Kier alpha value is -4.17. The van der Waals surface area contributed by atoms with Crippen LogP contribution < -0.4 is 9.62 Å². The van der Waals surface area contributed by atoms with Gasteiger partial charge in [0.25, 0.3) is 10.0 Å². The zero-order valence-corrected chi connectivity index (χ0v) is 24.0. The summed E-state index contributed by atoms with van der Waals surface area (Å²) in [5.74, 6) is -0.377. The second-order valence-corrected chi connectivity index (χ2v) is 12.1. The lowest BCUT2D eigenvalue weighted by Gasteiger charge is -2.32. The van der Waals surface area contributed by atoms with Crippen LogP contribution in [-0.4, -0.2) is 44.3 Å². The van der Waals surface area contributed by atoms with E-state index in [9.17, 15) is 18.0 Å². The molecule has 4 aromatic rings. The van der Waals surface area contributed by atoms with Crippen molar-refractivity contribution in [1.82, 2.24) is 10.2 Å². The fourth-order valence-electron chi connectivity index (χ4n) is 5.42. The third kappa shape index (κ3) is 6.12. The van der Waals surface area contributed by atoms with Gasteiger partial charge in [0.2, 0.25) is 11.8 Å². The fourth-order valence-corrected chi connectivity index (χ4v) is 7.17. The lowest BCUT2D eigenvalue weighted by molar-refractivity contribution is -0.141. The van der Waals surface area contributed by atoms with Gasteiger partial charge in [0.1, 0.15) is 6.04 Å². The van der Waals surface area contributed by atoms with Crippen molar-refractivity contribution >= 4 is 38.3 Å². The maximum Gasteiger partial charge on any atom is 0.265 e. The number of amides is 2. The van der Waals surface area contributed by atoms with Crippen LogP contribution in [0, 0.1) is 0 Å². The van der Waals surface area contributed by atoms with Crippen LogP contribution in [0.2, 0.25) is 0 Å². The second-order valence-electron chi connectivity index (χ2n) is 10.3. The Morgan fingerprint density at radius 3 is 2.20 bits per heavy atom. The molecule has 212 valence electrons. The quantitative estimate of drug-likeness (QED) is 0.251. The van der Waals surface area contributed by atoms with E-state index in [0.717, 1.165) is 28.3 Å². The Kier molecular flexibility index (Phi) is 8.69. The highest BCUT2D eigenvalue weighted by Gasteiger charge is 2.36. The number of nitrogens with one attached hydrogen (secondary N) is 1. The number of rotatable bonds is 12. The first-order valence-corrected chi connectivity index (χ1v) is 15.5. The number of carbonyl (C=O) groups excluding carboxylic acids is 2. The summed E-state index contributed by atoms with van der Waals surface area (Å²) in [5, 5.41) is 4.58. The van der Waals surface area contributed by atoms with Crippen LogP contribution in [0.15, 0.2) is 102 Å². The van der Waals surface area contributed by atoms with Crippen LogP contribution >= 0.6 is 0 Å². The highest BCUT2D eigenvalue weighted by atomic mass is 32.2. The van der Waals surface area contributed by atoms with Crippen molar-refractivity contribution in [2.45, 2.75) is 50.1 Å². The lowest BCUT2D eigenvalue weighted by Crippen LogP contribution is -2.50. The van der Waals surface area contributed by atoms with Gasteiger partial charge in [-0.15, -0.1) is 0 Å². The van der Waals surface area contributed by atoms with Gasteiger partial charge in [0.15, 0.2) is 0 Å². The number of anilines is 1. The van der Waals surface area contributed by atoms with Gasteiger partial charge in [-0.1, -0.05) is 91.9 Å². The molecule has 0 unspecified atom stereocenters. The van der Waals surface area contributed by atoms with E-state index in [2.05, 4.69) is 5.32 Å². The Labute approximate surface area is 241 Å². The van der Waals surface area contributed by atoms with E-state index >= 15 is 0 Å². The summed E-state index contributed by atoms with van der Waals surface area (Å²) in [6, 6.07) is 29.5. The van der Waals surface area contributed by atoms with E-state index in [0.29, 0.717) is 30.0 Å². The first-order valence-electron chi connectivity index (χ1n) is 14.1. The minimum absolute atomic E-state index is 0.109. The number of hydrogen-bond acceptors (Lipinski definition) is 4. The van der Waals surface area contributed by atoms with E-state index in [1.54, 1.807) is 17.0 Å². The van der Waals surface area contributed by atoms with Crippen molar-refractivity contribution in [2.24, 2.45) is 0 Å². The van der Waals surface area contributed by atoms with Crippen molar-refractivity contribution in [2.75, 3.05) is 17.4 Å². The molecule has 2 amide bonds. The molecule has 1 heterocycles. The maximum atomic E-state index is 13.9. The molecule has 0 saturated carbocycles. The number of nitrogens with zero attached hydrogens (tertiary/aromatic N) is 2. The topological polar surface area (TPSA) is 86.8 Å². The summed E-state index contributed by atoms with van der Waals surface area (Å²) in [5.41, 5.74) is 2.53. The predicted octanol–water partition coefficient (Wildman–Crippen LogP) is 5.30. The lowest BCUT2D eigenvalue weighted by atomic mass is 10.0. The van der Waals surface area contributed by atoms with Crippen molar-refractivity contribution in [3.8, 4) is 0 Å². The summed E-state index contributed by atoms with van der Waals surface area (Å²) < 4.78 is 28.2. The van der Waals surface area contributed by atoms with Crippen LogP contribution in [0.25, 0.3) is 10.8 Å². The minimum atomic E-state index is -3.70. The molecule has 0 radical (unpaired) electrons. The third-order valence-electron chi connectivity index (χ3n) is 7.45. The zero-order valence-electron chi connectivity index (χ0n) is 23.2. The molecule has 0 fully saturated rings. The summed E-state index contributed by atoms with van der Waals surface area (Å²) in [7, 11) is -3.70. The Bertz CT molecular complexity index is 1620. The van der Waals surface area contributed by atoms with E-state index in [1.165, 1.54) is 4.31 Å². The van der Waals surface area contributed by atoms with Crippen LogP contribution in [0.3, 0.4) is 0 Å². The van der Waals surface area contributed by atoms with Gasteiger partial charge in [-0.3, -0.25) is 13.9 Å². The van der Waals surface area contributed by atoms with Crippen molar-refractivity contribution in [3.05, 3.63) is 108 Å². The number of sulfonamides is 1. The summed E-state index contributed by atoms with van der Waals surface area (Å²) in [4.78, 5) is 29.3. The van der Waals surface area contributed by atoms with Gasteiger partial charge < -0.3 is 10.2 Å². The minimum Gasteiger partial charge on any atom is -0.354 e. The van der Waals surface area contributed by atoms with Gasteiger partial charge in [-0.2, -0.15) is 0 Å². The predicted molar refractivity (Wildman–Crippen MR) is 162 cm³/mol. The second kappa shape index (κ2) is 12.6. The monoisotopic (exact) mass is 569 g/mol. The molecule has 5 rings (SSSR count). The van der Waals surface area contributed by atoms with E-state index in [-0.39, 0.29) is 31.3 Å². The van der Waals surface area contributed by atoms with E-state index in [4.69, 9.17) is 0 Å². The molecule has 1 N–H and O–H groups in total. The van der Waals surface area contributed by atoms with Crippen LogP contribution in [0.5, 0.6) is 0 Å². The van der Waals surface area contributed by atoms with E-state index in [1.807, 2.05) is 91.9 Å². The third-order valence-corrected chi connectivity index (χ3v) is 9.30. The van der Waals surface area contributed by atoms with Crippen LogP contribution in [-0.2, 0) is 32.6 Å². The van der Waals surface area contributed by atoms with Crippen LogP contribution in [0.1, 0.15) is 37.3 Å². The number of carbonyl (C=O) groups is 2. The Morgan fingerprint density at radius 1 is 0.854 bits per heavy atom. The summed E-state index contributed by atoms with van der Waals surface area (Å²) >= 11 is 0. The molecule has 1 aliphatic heterocycles. The molecule has 0 spiro atoms. The molecule has 4 aromatic carbocycles. The first kappa shape index (κ1) is 28.4. The average Bonchev–Trinajstić information content (AvgIpc) is 3.21. The van der Waals surface area contributed by atoms with Crippen molar-refractivity contribution < 1.29 is 18.0 Å². The SMILES string of the molecule is CCCNC(=O)[C@@H](Cc1ccccc1)N(Cc1ccccc1)C(=O)CCCN1c2cccc3cccc(c23)S1(=O)=O. The Morgan fingerprint density at radius 2 is 1.51 bits per heavy atom. The maximum absolute atomic E-state index is 13.9. The summed E-state index contributed by atoms with van der Waals surface area (Å²) in [6.45, 7) is 2.97. The molecule has 41 heavy (non-hydrogen) atoms. The molecule has 7 nitrogen and oxygen atoms in total. The van der Waals surface area contributed by atoms with Gasteiger partial charge in [0, 0.05) is 37.9 Å². The molecule has 1 atom stereocenters. The van der Waals surface area contributed by atoms with Gasteiger partial charge in [0.05, 0.1) is 10.6 Å². The highest BCUT2D eigenvalue weighted by Crippen LogP contribution is 2.42. The number of benzene rings is 4. The molecular formula is C33H35N3O4S. The smallest absolute Gasteiger partial charge is 0.265 e. The average molecular weight is 570 g/mol. The van der Waals surface area contributed by atoms with Crippen molar-refractivity contribution in [3.63, 3.8) is 0 Å². The Balaban J connectivity index is 1.37. The molecule has 8 heteroatoms. The molecule has 0 aromatic heterocycles. The van der Waals surface area contributed by atoms with Crippen molar-refractivity contribution in [1.29, 1.82) is 0 Å². The molecule has 0 saturated heterocycles. The zero-order chi connectivity index (χ0) is 28.8. The van der Waals surface area contributed by atoms with E-state index < -0.39 is 16.1 Å². The largest absolute Gasteiger partial charge is 0.354 e. The van der Waals surface area contributed by atoms with Crippen LogP contribution in [0.4, 0.5) is 5.69 Å². The molecule has 0 bridgehead atoms.